The quantitative estimate of drug-likeness (QED) is 0.757. The van der Waals surface area contributed by atoms with Crippen LogP contribution < -0.4 is 0 Å². The van der Waals surface area contributed by atoms with Gasteiger partial charge in [0.25, 0.3) is 0 Å². The lowest BCUT2D eigenvalue weighted by Gasteiger charge is -2.12. The largest absolute Gasteiger partial charge is 0.330 e. The summed E-state index contributed by atoms with van der Waals surface area (Å²) in [5, 5.41) is 0. The highest BCUT2D eigenvalue weighted by Crippen LogP contribution is 2.45. The van der Waals surface area contributed by atoms with E-state index >= 15 is 0 Å². The maximum Gasteiger partial charge on any atom is 0.184 e. The number of fused-ring (bicyclic) bond motifs is 1. The lowest BCUT2D eigenvalue weighted by atomic mass is 10.2. The van der Waals surface area contributed by atoms with Crippen molar-refractivity contribution in [2.75, 3.05) is 0 Å². The Balaban J connectivity index is 2.47. The van der Waals surface area contributed by atoms with Gasteiger partial charge in [-0.2, -0.15) is 0 Å². The minimum Gasteiger partial charge on any atom is -0.330 e. The van der Waals surface area contributed by atoms with Crippen LogP contribution in [0.1, 0.15) is 19.8 Å². The van der Waals surface area contributed by atoms with E-state index in [0.717, 1.165) is 18.9 Å². The predicted octanol–water partition coefficient (Wildman–Crippen LogP) is 3.49. The van der Waals surface area contributed by atoms with Crippen molar-refractivity contribution in [3.63, 3.8) is 0 Å². The number of rotatable bonds is 1. The van der Waals surface area contributed by atoms with Gasteiger partial charge in [-0.25, -0.2) is 8.78 Å². The predicted molar refractivity (Wildman–Crippen MR) is 59.9 cm³/mol. The SMILES string of the molecule is CC1(n2c(=S)[nH]c3ccc(F)c(F)c32)CC1. The Morgan fingerprint density at radius 1 is 1.38 bits per heavy atom. The molecule has 2 aromatic rings. The first-order chi connectivity index (χ1) is 7.53. The number of benzene rings is 1. The van der Waals surface area contributed by atoms with E-state index in [2.05, 4.69) is 4.98 Å². The van der Waals surface area contributed by atoms with Gasteiger partial charge >= 0.3 is 0 Å². The summed E-state index contributed by atoms with van der Waals surface area (Å²) in [7, 11) is 0. The number of aromatic nitrogens is 2. The van der Waals surface area contributed by atoms with Crippen LogP contribution in [0.2, 0.25) is 0 Å². The maximum atomic E-state index is 13.8. The normalized spacial score (nSPS) is 17.9. The molecule has 0 spiro atoms. The van der Waals surface area contributed by atoms with Gasteiger partial charge in [0.05, 0.1) is 5.52 Å². The molecular weight excluding hydrogens is 230 g/mol. The molecule has 0 atom stereocenters. The Hall–Kier alpha value is -1.23. The van der Waals surface area contributed by atoms with Crippen LogP contribution >= 0.6 is 12.2 Å². The highest BCUT2D eigenvalue weighted by Gasteiger charge is 2.41. The van der Waals surface area contributed by atoms with Crippen LogP contribution in [-0.2, 0) is 5.54 Å². The molecule has 16 heavy (non-hydrogen) atoms. The molecule has 2 nitrogen and oxygen atoms in total. The van der Waals surface area contributed by atoms with Crippen molar-refractivity contribution in [2.45, 2.75) is 25.3 Å². The number of aromatic amines is 1. The van der Waals surface area contributed by atoms with Crippen molar-refractivity contribution in [3.8, 4) is 0 Å². The van der Waals surface area contributed by atoms with Crippen molar-refractivity contribution in [1.82, 2.24) is 9.55 Å². The highest BCUT2D eigenvalue weighted by atomic mass is 32.1. The fourth-order valence-corrected chi connectivity index (χ4v) is 2.47. The van der Waals surface area contributed by atoms with Crippen LogP contribution in [0.15, 0.2) is 12.1 Å². The van der Waals surface area contributed by atoms with E-state index in [1.807, 2.05) is 6.92 Å². The van der Waals surface area contributed by atoms with E-state index in [9.17, 15) is 8.78 Å². The van der Waals surface area contributed by atoms with E-state index in [4.69, 9.17) is 12.2 Å². The molecule has 0 amide bonds. The molecule has 0 aliphatic heterocycles. The van der Waals surface area contributed by atoms with Gasteiger partial charge in [0.15, 0.2) is 16.4 Å². The monoisotopic (exact) mass is 240 g/mol. The standard InChI is InChI=1S/C11H10F2N2S/c1-11(4-5-11)15-9-7(14-10(15)16)3-2-6(12)8(9)13/h2-3H,4-5H2,1H3,(H,14,16). The van der Waals surface area contributed by atoms with Crippen LogP contribution in [0.25, 0.3) is 11.0 Å². The Morgan fingerprint density at radius 3 is 2.69 bits per heavy atom. The fraction of sp³-hybridized carbons (Fsp3) is 0.364. The number of imidazole rings is 1. The molecule has 0 saturated heterocycles. The van der Waals surface area contributed by atoms with E-state index in [1.165, 1.54) is 6.07 Å². The highest BCUT2D eigenvalue weighted by molar-refractivity contribution is 7.71. The summed E-state index contributed by atoms with van der Waals surface area (Å²) in [4.78, 5) is 2.91. The number of hydrogen-bond acceptors (Lipinski definition) is 1. The van der Waals surface area contributed by atoms with Gasteiger partial charge in [-0.1, -0.05) is 0 Å². The van der Waals surface area contributed by atoms with Gasteiger partial charge in [-0.05, 0) is 44.1 Å². The molecule has 1 aliphatic carbocycles. The topological polar surface area (TPSA) is 20.7 Å². The minimum atomic E-state index is -0.834. The maximum absolute atomic E-state index is 13.8. The number of nitrogens with one attached hydrogen (secondary N) is 1. The van der Waals surface area contributed by atoms with Crippen LogP contribution in [-0.4, -0.2) is 9.55 Å². The molecule has 1 N–H and O–H groups in total. The molecule has 1 saturated carbocycles. The lowest BCUT2D eigenvalue weighted by molar-refractivity contribution is 0.493. The molecule has 1 fully saturated rings. The van der Waals surface area contributed by atoms with Crippen LogP contribution in [0.5, 0.6) is 0 Å². The Labute approximate surface area is 95.9 Å². The molecule has 0 radical (unpaired) electrons. The minimum absolute atomic E-state index is 0.149. The molecule has 1 aliphatic rings. The Bertz CT molecular complexity index is 637. The third-order valence-electron chi connectivity index (χ3n) is 3.25. The number of H-pyrrole nitrogens is 1. The number of nitrogens with zero attached hydrogens (tertiary/aromatic N) is 1. The molecule has 0 bridgehead atoms. The third-order valence-corrected chi connectivity index (χ3v) is 3.54. The van der Waals surface area contributed by atoms with Crippen molar-refractivity contribution >= 4 is 23.3 Å². The summed E-state index contributed by atoms with van der Waals surface area (Å²) in [5.41, 5.74) is 0.659. The van der Waals surface area contributed by atoms with Gasteiger partial charge in [0, 0.05) is 5.54 Å². The van der Waals surface area contributed by atoms with Gasteiger partial charge in [-0.15, -0.1) is 0 Å². The Kier molecular flexibility index (Phi) is 1.81. The van der Waals surface area contributed by atoms with Crippen LogP contribution in [0.3, 0.4) is 0 Å². The third kappa shape index (κ3) is 1.18. The number of hydrogen-bond donors (Lipinski definition) is 1. The van der Waals surface area contributed by atoms with Gasteiger partial charge in [0.2, 0.25) is 0 Å². The molecule has 0 unspecified atom stereocenters. The average Bonchev–Trinajstić information content (AvgIpc) is 2.86. The summed E-state index contributed by atoms with van der Waals surface area (Å²) in [6.45, 7) is 2.00. The molecule has 5 heteroatoms. The van der Waals surface area contributed by atoms with Gasteiger partial charge in [0.1, 0.15) is 5.52 Å². The van der Waals surface area contributed by atoms with Crippen molar-refractivity contribution in [3.05, 3.63) is 28.5 Å². The summed E-state index contributed by atoms with van der Waals surface area (Å²) < 4.78 is 29.1. The van der Waals surface area contributed by atoms with E-state index in [0.29, 0.717) is 10.3 Å². The second kappa shape index (κ2) is 2.91. The first-order valence-electron chi connectivity index (χ1n) is 5.12. The van der Waals surface area contributed by atoms with Crippen molar-refractivity contribution in [1.29, 1.82) is 0 Å². The smallest absolute Gasteiger partial charge is 0.184 e. The summed E-state index contributed by atoms with van der Waals surface area (Å²) in [6.07, 6.45) is 1.90. The van der Waals surface area contributed by atoms with Gasteiger partial charge in [-0.3, -0.25) is 0 Å². The molecule has 1 aromatic heterocycles. The molecular formula is C11H10F2N2S. The van der Waals surface area contributed by atoms with Crippen molar-refractivity contribution < 1.29 is 8.78 Å². The second-order valence-corrected chi connectivity index (χ2v) is 4.91. The van der Waals surface area contributed by atoms with Crippen molar-refractivity contribution in [2.24, 2.45) is 0 Å². The molecule has 1 heterocycles. The van der Waals surface area contributed by atoms with Crippen LogP contribution in [0.4, 0.5) is 8.78 Å². The summed E-state index contributed by atoms with van der Waals surface area (Å²) in [6, 6.07) is 2.63. The zero-order valence-electron chi connectivity index (χ0n) is 8.68. The lowest BCUT2D eigenvalue weighted by Crippen LogP contribution is -2.13. The summed E-state index contributed by atoms with van der Waals surface area (Å²) in [5.74, 6) is -1.66. The van der Waals surface area contributed by atoms with Crippen LogP contribution in [0, 0.1) is 16.4 Å². The first-order valence-corrected chi connectivity index (χ1v) is 5.53. The van der Waals surface area contributed by atoms with E-state index in [-0.39, 0.29) is 11.1 Å². The zero-order chi connectivity index (χ0) is 11.5. The van der Waals surface area contributed by atoms with E-state index < -0.39 is 11.6 Å². The molecule has 84 valence electrons. The summed E-state index contributed by atoms with van der Waals surface area (Å²) >= 11 is 5.16. The molecule has 1 aromatic carbocycles. The van der Waals surface area contributed by atoms with Gasteiger partial charge < -0.3 is 9.55 Å². The average molecular weight is 240 g/mol. The zero-order valence-corrected chi connectivity index (χ0v) is 9.50. The Morgan fingerprint density at radius 2 is 2.06 bits per heavy atom. The number of halogens is 2. The second-order valence-electron chi connectivity index (χ2n) is 4.52. The van der Waals surface area contributed by atoms with E-state index in [1.54, 1.807) is 4.57 Å². The first kappa shape index (κ1) is 9.96. The fourth-order valence-electron chi connectivity index (χ4n) is 2.05. The molecule has 3 rings (SSSR count).